The molecule has 0 unspecified atom stereocenters. The summed E-state index contributed by atoms with van der Waals surface area (Å²) in [4.78, 5) is 24.8. The molecule has 0 saturated carbocycles. The van der Waals surface area contributed by atoms with Crippen LogP contribution in [0.25, 0.3) is 0 Å². The maximum atomic E-state index is 12.7. The number of hydrogen-bond acceptors (Lipinski definition) is 4. The first kappa shape index (κ1) is 23.1. The summed E-state index contributed by atoms with van der Waals surface area (Å²) in [6.07, 6.45) is -0.226. The third-order valence-electron chi connectivity index (χ3n) is 4.49. The van der Waals surface area contributed by atoms with Crippen molar-refractivity contribution in [2.75, 3.05) is 6.54 Å². The summed E-state index contributed by atoms with van der Waals surface area (Å²) in [5, 5.41) is 15.9. The predicted octanol–water partition coefficient (Wildman–Crippen LogP) is 1.61. The highest BCUT2D eigenvalue weighted by atomic mass is 16.3. The molecule has 0 fully saturated rings. The van der Waals surface area contributed by atoms with Crippen molar-refractivity contribution < 1.29 is 14.7 Å². The number of rotatable bonds is 9. The maximum Gasteiger partial charge on any atom is 0.224 e. The highest BCUT2D eigenvalue weighted by Crippen LogP contribution is 2.29. The highest BCUT2D eigenvalue weighted by molar-refractivity contribution is 5.86. The highest BCUT2D eigenvalue weighted by Gasteiger charge is 2.33. The van der Waals surface area contributed by atoms with Crippen LogP contribution >= 0.6 is 0 Å². The zero-order valence-corrected chi connectivity index (χ0v) is 17.2. The van der Waals surface area contributed by atoms with Gasteiger partial charge in [-0.25, -0.2) is 0 Å². The van der Waals surface area contributed by atoms with Crippen molar-refractivity contribution in [2.24, 2.45) is 17.1 Å². The van der Waals surface area contributed by atoms with Crippen LogP contribution in [0.3, 0.4) is 0 Å². The number of aliphatic hydroxyl groups is 1. The molecule has 27 heavy (non-hydrogen) atoms. The minimum Gasteiger partial charge on any atom is -0.390 e. The predicted molar refractivity (Wildman–Crippen MR) is 108 cm³/mol. The lowest BCUT2D eigenvalue weighted by atomic mass is 9.78. The zero-order chi connectivity index (χ0) is 20.6. The van der Waals surface area contributed by atoms with Gasteiger partial charge in [-0.2, -0.15) is 0 Å². The lowest BCUT2D eigenvalue weighted by Gasteiger charge is -2.30. The summed E-state index contributed by atoms with van der Waals surface area (Å²) >= 11 is 0. The third kappa shape index (κ3) is 8.54. The molecule has 0 saturated heterocycles. The molecule has 0 aromatic heterocycles. The fourth-order valence-corrected chi connectivity index (χ4v) is 2.86. The summed E-state index contributed by atoms with van der Waals surface area (Å²) < 4.78 is 0. The first-order valence-electron chi connectivity index (χ1n) is 9.55. The van der Waals surface area contributed by atoms with Gasteiger partial charge in [-0.3, -0.25) is 9.59 Å². The molecule has 0 spiro atoms. The molecule has 5 N–H and O–H groups in total. The Labute approximate surface area is 162 Å². The first-order chi connectivity index (χ1) is 12.5. The average molecular weight is 378 g/mol. The van der Waals surface area contributed by atoms with E-state index in [9.17, 15) is 14.7 Å². The number of amides is 2. The molecule has 1 rings (SSSR count). The Kier molecular flexibility index (Phi) is 8.93. The van der Waals surface area contributed by atoms with Crippen molar-refractivity contribution >= 4 is 11.8 Å². The van der Waals surface area contributed by atoms with Gasteiger partial charge in [-0.1, -0.05) is 51.1 Å². The molecule has 6 heteroatoms. The Bertz CT molecular complexity index is 596. The van der Waals surface area contributed by atoms with Crippen LogP contribution in [-0.2, 0) is 16.0 Å². The van der Waals surface area contributed by atoms with Gasteiger partial charge in [0.05, 0.1) is 12.0 Å². The van der Waals surface area contributed by atoms with E-state index in [0.29, 0.717) is 6.42 Å². The summed E-state index contributed by atoms with van der Waals surface area (Å²) in [7, 11) is 0. The van der Waals surface area contributed by atoms with E-state index in [1.165, 1.54) is 0 Å². The Morgan fingerprint density at radius 2 is 1.74 bits per heavy atom. The van der Waals surface area contributed by atoms with E-state index >= 15 is 0 Å². The maximum absolute atomic E-state index is 12.7. The number of nitrogens with two attached hydrogens (primary N) is 1. The van der Waals surface area contributed by atoms with Crippen LogP contribution in [0.4, 0.5) is 0 Å². The third-order valence-corrected chi connectivity index (χ3v) is 4.49. The summed E-state index contributed by atoms with van der Waals surface area (Å²) in [5.41, 5.74) is 6.72. The summed E-state index contributed by atoms with van der Waals surface area (Å²) in [6.45, 7) is 9.61. The van der Waals surface area contributed by atoms with E-state index in [1.807, 2.05) is 65.0 Å². The summed E-state index contributed by atoms with van der Waals surface area (Å²) in [6, 6.07) is 9.22. The molecular formula is C21H35N3O3. The molecule has 2 amide bonds. The molecule has 0 radical (unpaired) electrons. The fourth-order valence-electron chi connectivity index (χ4n) is 2.86. The number of benzene rings is 1. The number of carbonyl (C=O) groups excluding carboxylic acids is 2. The molecule has 0 aliphatic carbocycles. The van der Waals surface area contributed by atoms with Gasteiger partial charge < -0.3 is 21.5 Å². The first-order valence-corrected chi connectivity index (χ1v) is 9.55. The number of hydrogen-bond donors (Lipinski definition) is 4. The molecule has 0 aliphatic rings. The van der Waals surface area contributed by atoms with Gasteiger partial charge in [0.2, 0.25) is 11.8 Å². The van der Waals surface area contributed by atoms with E-state index in [0.717, 1.165) is 5.56 Å². The Morgan fingerprint density at radius 1 is 1.15 bits per heavy atom. The van der Waals surface area contributed by atoms with Gasteiger partial charge in [-0.05, 0) is 31.2 Å². The van der Waals surface area contributed by atoms with E-state index in [2.05, 4.69) is 10.6 Å². The standard InChI is InChI=1S/C21H35N3O3/c1-14(2)24-19(26)12-16(21(3,4)5)20(27)23-13-18(25)17(22)11-15-9-7-6-8-10-15/h6-10,14,16-18,25H,11-13,22H2,1-5H3,(H,23,27)(H,24,26)/t16-,17-,18+/m0/s1. The van der Waals surface area contributed by atoms with Crippen LogP contribution in [0.15, 0.2) is 30.3 Å². The van der Waals surface area contributed by atoms with Crippen LogP contribution < -0.4 is 16.4 Å². The molecule has 1 aromatic rings. The van der Waals surface area contributed by atoms with E-state index in [4.69, 9.17) is 5.73 Å². The Morgan fingerprint density at radius 3 is 2.26 bits per heavy atom. The monoisotopic (exact) mass is 377 g/mol. The molecule has 0 aliphatic heterocycles. The number of carbonyl (C=O) groups is 2. The minimum atomic E-state index is -0.862. The van der Waals surface area contributed by atoms with Crippen molar-refractivity contribution in [3.8, 4) is 0 Å². The van der Waals surface area contributed by atoms with Crippen molar-refractivity contribution in [1.82, 2.24) is 10.6 Å². The van der Waals surface area contributed by atoms with Crippen molar-refractivity contribution in [3.05, 3.63) is 35.9 Å². The number of nitrogens with one attached hydrogen (secondary N) is 2. The molecule has 3 atom stereocenters. The second-order valence-corrected chi connectivity index (χ2v) is 8.51. The summed E-state index contributed by atoms with van der Waals surface area (Å²) in [5.74, 6) is -0.887. The molecule has 0 bridgehead atoms. The Balaban J connectivity index is 2.60. The van der Waals surface area contributed by atoms with Gasteiger partial charge in [0, 0.05) is 25.0 Å². The SMILES string of the molecule is CC(C)NC(=O)C[C@@H](C(=O)NC[C@@H](O)[C@@H](N)Cc1ccccc1)C(C)(C)C. The van der Waals surface area contributed by atoms with Gasteiger partial charge in [-0.15, -0.1) is 0 Å². The van der Waals surface area contributed by atoms with Crippen LogP contribution in [0, 0.1) is 11.3 Å². The van der Waals surface area contributed by atoms with Gasteiger partial charge in [0.1, 0.15) is 0 Å². The quantitative estimate of drug-likeness (QED) is 0.525. The molecule has 152 valence electrons. The van der Waals surface area contributed by atoms with E-state index in [1.54, 1.807) is 0 Å². The largest absolute Gasteiger partial charge is 0.390 e. The van der Waals surface area contributed by atoms with Crippen LogP contribution in [0.1, 0.15) is 46.6 Å². The van der Waals surface area contributed by atoms with Gasteiger partial charge in [0.15, 0.2) is 0 Å². The van der Waals surface area contributed by atoms with Crippen LogP contribution in [-0.4, -0.2) is 41.7 Å². The smallest absolute Gasteiger partial charge is 0.224 e. The van der Waals surface area contributed by atoms with Crippen molar-refractivity contribution in [2.45, 2.75) is 65.6 Å². The van der Waals surface area contributed by atoms with Crippen molar-refractivity contribution in [3.63, 3.8) is 0 Å². The van der Waals surface area contributed by atoms with E-state index < -0.39 is 18.1 Å². The zero-order valence-electron chi connectivity index (χ0n) is 17.2. The second kappa shape index (κ2) is 10.4. The van der Waals surface area contributed by atoms with Crippen LogP contribution in [0.2, 0.25) is 0 Å². The second-order valence-electron chi connectivity index (χ2n) is 8.51. The molecule has 0 heterocycles. The normalized spacial score (nSPS) is 15.1. The van der Waals surface area contributed by atoms with Crippen LogP contribution in [0.5, 0.6) is 0 Å². The minimum absolute atomic E-state index is 0.0268. The molecule has 6 nitrogen and oxygen atoms in total. The number of aliphatic hydroxyl groups excluding tert-OH is 1. The van der Waals surface area contributed by atoms with Gasteiger partial charge >= 0.3 is 0 Å². The Hall–Kier alpha value is -1.92. The fraction of sp³-hybridized carbons (Fsp3) is 0.619. The van der Waals surface area contributed by atoms with Crippen molar-refractivity contribution in [1.29, 1.82) is 0 Å². The average Bonchev–Trinajstić information content (AvgIpc) is 2.56. The lowest BCUT2D eigenvalue weighted by molar-refractivity contribution is -0.134. The van der Waals surface area contributed by atoms with E-state index in [-0.39, 0.29) is 36.2 Å². The van der Waals surface area contributed by atoms with Gasteiger partial charge in [0.25, 0.3) is 0 Å². The lowest BCUT2D eigenvalue weighted by Crippen LogP contribution is -2.48. The molecule has 1 aromatic carbocycles. The molecular weight excluding hydrogens is 342 g/mol. The topological polar surface area (TPSA) is 104 Å².